The van der Waals surface area contributed by atoms with Gasteiger partial charge in [-0.3, -0.25) is 9.69 Å². The summed E-state index contributed by atoms with van der Waals surface area (Å²) >= 11 is 6.15. The normalized spacial score (nSPS) is 38.3. The van der Waals surface area contributed by atoms with Crippen molar-refractivity contribution < 1.29 is 14.6 Å². The summed E-state index contributed by atoms with van der Waals surface area (Å²) in [5, 5.41) is 12.3. The van der Waals surface area contributed by atoms with Crippen LogP contribution >= 0.6 is 11.6 Å². The molecule has 1 aromatic carbocycles. The molecule has 6 heteroatoms. The monoisotopic (exact) mass is 444 g/mol. The lowest BCUT2D eigenvalue weighted by Gasteiger charge is -2.52. The van der Waals surface area contributed by atoms with E-state index in [1.807, 2.05) is 18.2 Å². The highest BCUT2D eigenvalue weighted by molar-refractivity contribution is 6.30. The van der Waals surface area contributed by atoms with Crippen LogP contribution in [0, 0.1) is 23.2 Å². The summed E-state index contributed by atoms with van der Waals surface area (Å²) in [6.45, 7) is 8.71. The Kier molecular flexibility index (Phi) is 5.56. The minimum Gasteiger partial charge on any atom is -0.461 e. The van der Waals surface area contributed by atoms with Gasteiger partial charge in [-0.25, -0.2) is 0 Å². The Bertz CT molecular complexity index is 881. The van der Waals surface area contributed by atoms with Crippen molar-refractivity contribution in [2.75, 3.05) is 37.6 Å². The van der Waals surface area contributed by atoms with E-state index in [2.05, 4.69) is 35.8 Å². The summed E-state index contributed by atoms with van der Waals surface area (Å²) < 4.78 is 5.83. The Morgan fingerprint density at radius 3 is 2.77 bits per heavy atom. The van der Waals surface area contributed by atoms with Crippen LogP contribution in [0.25, 0.3) is 0 Å². The van der Waals surface area contributed by atoms with E-state index < -0.39 is 6.10 Å². The van der Waals surface area contributed by atoms with Crippen LogP contribution < -0.4 is 4.90 Å². The van der Waals surface area contributed by atoms with Gasteiger partial charge in [0.05, 0.1) is 12.0 Å². The molecule has 168 valence electrons. The number of rotatable bonds is 3. The third-order valence-corrected chi connectivity index (χ3v) is 8.81. The predicted molar refractivity (Wildman–Crippen MR) is 122 cm³/mol. The Labute approximate surface area is 190 Å². The van der Waals surface area contributed by atoms with Crippen molar-refractivity contribution in [3.05, 3.63) is 40.9 Å². The van der Waals surface area contributed by atoms with Crippen LogP contribution in [0.15, 0.2) is 35.9 Å². The van der Waals surface area contributed by atoms with Gasteiger partial charge in [0, 0.05) is 61.2 Å². The number of hydrogen-bond acceptors (Lipinski definition) is 5. The van der Waals surface area contributed by atoms with Crippen molar-refractivity contribution in [2.45, 2.75) is 45.3 Å². The molecule has 3 unspecified atom stereocenters. The van der Waals surface area contributed by atoms with Crippen LogP contribution in [0.5, 0.6) is 0 Å². The van der Waals surface area contributed by atoms with Crippen LogP contribution in [0.2, 0.25) is 5.02 Å². The number of carbonyl (C=O) groups is 1. The fourth-order valence-electron chi connectivity index (χ4n) is 6.41. The van der Waals surface area contributed by atoms with Crippen LogP contribution in [-0.2, 0) is 9.53 Å². The molecular weight excluding hydrogens is 412 g/mol. The fourth-order valence-corrected chi connectivity index (χ4v) is 6.60. The minimum absolute atomic E-state index is 0.110. The van der Waals surface area contributed by atoms with E-state index in [9.17, 15) is 9.90 Å². The molecule has 6 atom stereocenters. The number of benzene rings is 1. The third kappa shape index (κ3) is 3.59. The number of carbonyl (C=O) groups excluding carboxylic acids is 1. The quantitative estimate of drug-likeness (QED) is 0.568. The first-order chi connectivity index (χ1) is 14.9. The van der Waals surface area contributed by atoms with Crippen LogP contribution in [0.1, 0.15) is 33.1 Å². The van der Waals surface area contributed by atoms with Gasteiger partial charge in [-0.1, -0.05) is 43.2 Å². The maximum Gasteiger partial charge on any atom is 0.311 e. The van der Waals surface area contributed by atoms with Crippen molar-refractivity contribution in [1.82, 2.24) is 4.90 Å². The Morgan fingerprint density at radius 2 is 2.03 bits per heavy atom. The zero-order chi connectivity index (χ0) is 21.8. The van der Waals surface area contributed by atoms with Crippen molar-refractivity contribution >= 4 is 23.3 Å². The first-order valence-electron chi connectivity index (χ1n) is 11.7. The lowest BCUT2D eigenvalue weighted by atomic mass is 9.55. The number of halogens is 1. The van der Waals surface area contributed by atoms with E-state index in [1.54, 1.807) is 0 Å². The third-order valence-electron chi connectivity index (χ3n) is 8.57. The molecule has 3 fully saturated rings. The largest absolute Gasteiger partial charge is 0.461 e. The van der Waals surface area contributed by atoms with Crippen LogP contribution in [0.4, 0.5) is 5.69 Å². The molecule has 2 heterocycles. The average Bonchev–Trinajstić information content (AvgIpc) is 3.06. The van der Waals surface area contributed by atoms with Crippen molar-refractivity contribution in [3.8, 4) is 0 Å². The SMILES string of the molecule is CC1CCC=C2C[C@H]3OC(=O)C(CN4CCN(c5cccc(Cl)c5)CC4)[C@H]3C(O)[C@@]21C. The molecule has 1 N–H and O–H groups in total. The van der Waals surface area contributed by atoms with E-state index in [0.717, 1.165) is 56.2 Å². The second-order valence-electron chi connectivity index (χ2n) is 10.1. The highest BCUT2D eigenvalue weighted by atomic mass is 35.5. The van der Waals surface area contributed by atoms with Gasteiger partial charge in [0.2, 0.25) is 0 Å². The van der Waals surface area contributed by atoms with Gasteiger partial charge in [-0.05, 0) is 37.0 Å². The molecule has 1 aromatic rings. The second-order valence-corrected chi connectivity index (χ2v) is 10.5. The van der Waals surface area contributed by atoms with E-state index >= 15 is 0 Å². The number of nitrogens with zero attached hydrogens (tertiary/aromatic N) is 2. The first-order valence-corrected chi connectivity index (χ1v) is 12.1. The molecule has 4 aliphatic rings. The molecule has 5 nitrogen and oxygen atoms in total. The number of fused-ring (bicyclic) bond motifs is 2. The molecule has 31 heavy (non-hydrogen) atoms. The Balaban J connectivity index is 1.28. The molecule has 0 aromatic heterocycles. The lowest BCUT2D eigenvalue weighted by molar-refractivity contribution is -0.145. The number of aliphatic hydroxyl groups is 1. The molecule has 2 aliphatic carbocycles. The number of ether oxygens (including phenoxy) is 1. The summed E-state index contributed by atoms with van der Waals surface area (Å²) in [4.78, 5) is 17.6. The number of piperazine rings is 1. The Morgan fingerprint density at radius 1 is 1.26 bits per heavy atom. The van der Waals surface area contributed by atoms with E-state index in [-0.39, 0.29) is 29.3 Å². The first kappa shape index (κ1) is 21.3. The molecule has 2 saturated heterocycles. The number of aliphatic hydroxyl groups excluding tert-OH is 1. The van der Waals surface area contributed by atoms with E-state index in [4.69, 9.17) is 16.3 Å². The fraction of sp³-hybridized carbons (Fsp3) is 0.640. The maximum absolute atomic E-state index is 12.9. The number of hydrogen-bond donors (Lipinski definition) is 1. The standard InChI is InChI=1S/C25H33ClN2O3/c1-16-5-3-6-17-13-21-22(23(29)25(16,17)2)20(24(30)31-21)15-27-9-11-28(12-10-27)19-8-4-7-18(26)14-19/h4,6-8,14,16,20-23,29H,3,5,9-13,15H2,1-2H3/t16?,20?,21-,22-,23?,25-/m1/s1. The topological polar surface area (TPSA) is 53.0 Å². The van der Waals surface area contributed by atoms with Gasteiger partial charge in [-0.15, -0.1) is 0 Å². The van der Waals surface area contributed by atoms with Gasteiger partial charge >= 0.3 is 5.97 Å². The number of esters is 1. The molecule has 0 bridgehead atoms. The molecule has 5 rings (SSSR count). The Hall–Kier alpha value is -1.56. The zero-order valence-electron chi connectivity index (χ0n) is 18.5. The minimum atomic E-state index is -0.531. The summed E-state index contributed by atoms with van der Waals surface area (Å²) in [6, 6.07) is 7.98. The number of allylic oxidation sites excluding steroid dienone is 1. The second kappa shape index (κ2) is 8.09. The van der Waals surface area contributed by atoms with E-state index in [0.29, 0.717) is 12.5 Å². The average molecular weight is 445 g/mol. The van der Waals surface area contributed by atoms with Gasteiger partial charge in [-0.2, -0.15) is 0 Å². The molecular formula is C25H33ClN2O3. The summed E-state index contributed by atoms with van der Waals surface area (Å²) in [5.74, 6) is -0.0609. The van der Waals surface area contributed by atoms with Gasteiger partial charge in [0.25, 0.3) is 0 Å². The summed E-state index contributed by atoms with van der Waals surface area (Å²) in [5.41, 5.74) is 2.20. The zero-order valence-corrected chi connectivity index (χ0v) is 19.2. The number of anilines is 1. The van der Waals surface area contributed by atoms with Gasteiger partial charge in [0.1, 0.15) is 6.10 Å². The van der Waals surface area contributed by atoms with Crippen LogP contribution in [0.3, 0.4) is 0 Å². The molecule has 0 radical (unpaired) electrons. The predicted octanol–water partition coefficient (Wildman–Crippen LogP) is 3.75. The highest BCUT2D eigenvalue weighted by Crippen LogP contribution is 2.56. The van der Waals surface area contributed by atoms with Crippen molar-refractivity contribution in [2.24, 2.45) is 23.2 Å². The smallest absolute Gasteiger partial charge is 0.311 e. The molecule has 1 saturated carbocycles. The summed E-state index contributed by atoms with van der Waals surface area (Å²) in [6.07, 6.45) is 4.52. The lowest BCUT2D eigenvalue weighted by Crippen LogP contribution is -2.55. The maximum atomic E-state index is 12.9. The summed E-state index contributed by atoms with van der Waals surface area (Å²) in [7, 11) is 0. The molecule has 0 amide bonds. The van der Waals surface area contributed by atoms with Crippen molar-refractivity contribution in [1.29, 1.82) is 0 Å². The molecule has 0 spiro atoms. The van der Waals surface area contributed by atoms with Crippen molar-refractivity contribution in [3.63, 3.8) is 0 Å². The van der Waals surface area contributed by atoms with Gasteiger partial charge < -0.3 is 14.7 Å². The molecule has 2 aliphatic heterocycles. The van der Waals surface area contributed by atoms with E-state index in [1.165, 1.54) is 5.57 Å². The highest BCUT2D eigenvalue weighted by Gasteiger charge is 2.59. The van der Waals surface area contributed by atoms with Crippen LogP contribution in [-0.4, -0.2) is 60.9 Å². The van der Waals surface area contributed by atoms with Gasteiger partial charge in [0.15, 0.2) is 0 Å².